The van der Waals surface area contributed by atoms with Gasteiger partial charge in [0, 0.05) is 27.8 Å². The summed E-state index contributed by atoms with van der Waals surface area (Å²) in [7, 11) is 0. The Morgan fingerprint density at radius 3 is 2.73 bits per heavy atom. The third-order valence-corrected chi connectivity index (χ3v) is 6.82. The Hall–Kier alpha value is -2.62. The van der Waals surface area contributed by atoms with Gasteiger partial charge in [0.25, 0.3) is 0 Å². The Balaban J connectivity index is 1.53. The van der Waals surface area contributed by atoms with E-state index in [9.17, 15) is 9.59 Å². The molecule has 0 unspecified atom stereocenters. The Labute approximate surface area is 210 Å². The first-order valence-electron chi connectivity index (χ1n) is 10.2. The van der Waals surface area contributed by atoms with Crippen LogP contribution >= 0.6 is 39.3 Å². The summed E-state index contributed by atoms with van der Waals surface area (Å²) in [6, 6.07) is 12.9. The highest BCUT2D eigenvalue weighted by Crippen LogP contribution is 2.21. The molecule has 1 heterocycles. The van der Waals surface area contributed by atoms with E-state index >= 15 is 0 Å². The standard InChI is InChI=1S/C23H23BrClN5O2S/c1-3-30-20(13-26-21(31)11-8-16-6-4-5-7-19(16)25)28-29-23(30)33-14-22(32)27-17-9-10-18(24)15(2)12-17/h4-12H,3,13-14H2,1-2H3,(H,26,31)(H,27,32)/b11-8+. The second-order valence-electron chi connectivity index (χ2n) is 7.02. The Morgan fingerprint density at radius 2 is 2.00 bits per heavy atom. The molecule has 0 aliphatic heterocycles. The van der Waals surface area contributed by atoms with Crippen molar-refractivity contribution in [3.63, 3.8) is 0 Å². The van der Waals surface area contributed by atoms with Gasteiger partial charge in [-0.15, -0.1) is 10.2 Å². The lowest BCUT2D eigenvalue weighted by Crippen LogP contribution is -2.22. The number of aryl methyl sites for hydroxylation is 1. The highest BCUT2D eigenvalue weighted by atomic mass is 79.9. The molecule has 3 aromatic rings. The van der Waals surface area contributed by atoms with E-state index in [0.717, 1.165) is 21.3 Å². The lowest BCUT2D eigenvalue weighted by molar-refractivity contribution is -0.116. The van der Waals surface area contributed by atoms with E-state index < -0.39 is 0 Å². The van der Waals surface area contributed by atoms with Crippen molar-refractivity contribution in [2.24, 2.45) is 0 Å². The highest BCUT2D eigenvalue weighted by molar-refractivity contribution is 9.10. The zero-order valence-electron chi connectivity index (χ0n) is 18.1. The van der Waals surface area contributed by atoms with Gasteiger partial charge in [-0.05, 0) is 55.3 Å². The van der Waals surface area contributed by atoms with Crippen molar-refractivity contribution in [3.05, 3.63) is 75.0 Å². The van der Waals surface area contributed by atoms with Crippen molar-refractivity contribution in [1.82, 2.24) is 20.1 Å². The minimum Gasteiger partial charge on any atom is -0.345 e. The number of hydrogen-bond donors (Lipinski definition) is 2. The molecule has 0 fully saturated rings. The van der Waals surface area contributed by atoms with Crippen molar-refractivity contribution < 1.29 is 9.59 Å². The number of anilines is 1. The van der Waals surface area contributed by atoms with Gasteiger partial charge < -0.3 is 15.2 Å². The molecule has 0 saturated heterocycles. The third kappa shape index (κ3) is 7.18. The number of aromatic nitrogens is 3. The van der Waals surface area contributed by atoms with Crippen LogP contribution < -0.4 is 10.6 Å². The summed E-state index contributed by atoms with van der Waals surface area (Å²) in [4.78, 5) is 24.5. The lowest BCUT2D eigenvalue weighted by atomic mass is 10.2. The van der Waals surface area contributed by atoms with E-state index in [1.807, 2.05) is 54.8 Å². The molecule has 0 aliphatic carbocycles. The molecule has 0 atom stereocenters. The first kappa shape index (κ1) is 25.0. The molecule has 0 spiro atoms. The number of nitrogens with one attached hydrogen (secondary N) is 2. The smallest absolute Gasteiger partial charge is 0.244 e. The van der Waals surface area contributed by atoms with Crippen LogP contribution in [0, 0.1) is 6.92 Å². The molecule has 10 heteroatoms. The fraction of sp³-hybridized carbons (Fsp3) is 0.217. The number of nitrogens with zero attached hydrogens (tertiary/aromatic N) is 3. The number of halogens is 2. The summed E-state index contributed by atoms with van der Waals surface area (Å²) in [6.07, 6.45) is 3.09. The van der Waals surface area contributed by atoms with Crippen molar-refractivity contribution in [2.45, 2.75) is 32.1 Å². The lowest BCUT2D eigenvalue weighted by Gasteiger charge is -2.09. The summed E-state index contributed by atoms with van der Waals surface area (Å²) < 4.78 is 2.87. The fourth-order valence-electron chi connectivity index (χ4n) is 2.92. The molecule has 3 rings (SSSR count). The average molecular weight is 549 g/mol. The Morgan fingerprint density at radius 1 is 1.21 bits per heavy atom. The van der Waals surface area contributed by atoms with Gasteiger partial charge in [0.1, 0.15) is 0 Å². The normalized spacial score (nSPS) is 11.0. The van der Waals surface area contributed by atoms with Crippen LogP contribution in [0.1, 0.15) is 23.9 Å². The van der Waals surface area contributed by atoms with E-state index in [4.69, 9.17) is 11.6 Å². The van der Waals surface area contributed by atoms with Gasteiger partial charge in [-0.2, -0.15) is 0 Å². The quantitative estimate of drug-likeness (QED) is 0.287. The first-order chi connectivity index (χ1) is 15.9. The number of rotatable bonds is 9. The van der Waals surface area contributed by atoms with Gasteiger partial charge in [0.2, 0.25) is 11.8 Å². The zero-order chi connectivity index (χ0) is 23.8. The van der Waals surface area contributed by atoms with E-state index in [1.165, 1.54) is 17.8 Å². The van der Waals surface area contributed by atoms with Crippen LogP contribution in [-0.4, -0.2) is 32.3 Å². The molecule has 1 aromatic heterocycles. The number of hydrogen-bond acceptors (Lipinski definition) is 5. The van der Waals surface area contributed by atoms with Gasteiger partial charge in [-0.25, -0.2) is 0 Å². The number of benzene rings is 2. The van der Waals surface area contributed by atoms with Gasteiger partial charge in [0.15, 0.2) is 11.0 Å². The van der Waals surface area contributed by atoms with Crippen molar-refractivity contribution in [1.29, 1.82) is 0 Å². The maximum Gasteiger partial charge on any atom is 0.244 e. The van der Waals surface area contributed by atoms with Crippen LogP contribution in [0.25, 0.3) is 6.08 Å². The number of thioether (sulfide) groups is 1. The fourth-order valence-corrected chi connectivity index (χ4v) is 4.19. The maximum atomic E-state index is 12.3. The predicted molar refractivity (Wildman–Crippen MR) is 136 cm³/mol. The average Bonchev–Trinajstić information content (AvgIpc) is 3.20. The molecule has 33 heavy (non-hydrogen) atoms. The zero-order valence-corrected chi connectivity index (χ0v) is 21.3. The maximum absolute atomic E-state index is 12.3. The molecule has 7 nitrogen and oxygen atoms in total. The van der Waals surface area contributed by atoms with Gasteiger partial charge in [-0.3, -0.25) is 9.59 Å². The minimum atomic E-state index is -0.265. The SMILES string of the molecule is CCn1c(CNC(=O)/C=C/c2ccccc2Cl)nnc1SCC(=O)Nc1ccc(Br)c(C)c1. The number of amides is 2. The van der Waals surface area contributed by atoms with Gasteiger partial charge >= 0.3 is 0 Å². The second-order valence-corrected chi connectivity index (χ2v) is 9.22. The summed E-state index contributed by atoms with van der Waals surface area (Å²) in [5.74, 6) is 0.412. The number of carbonyl (C=O) groups excluding carboxylic acids is 2. The third-order valence-electron chi connectivity index (χ3n) is 4.62. The van der Waals surface area contributed by atoms with E-state index in [2.05, 4.69) is 36.8 Å². The summed E-state index contributed by atoms with van der Waals surface area (Å²) in [5.41, 5.74) is 2.55. The summed E-state index contributed by atoms with van der Waals surface area (Å²) in [6.45, 7) is 4.76. The Kier molecular flexibility index (Phi) is 9.11. The van der Waals surface area contributed by atoms with Crippen molar-refractivity contribution >= 4 is 62.9 Å². The van der Waals surface area contributed by atoms with Crippen LogP contribution in [0.4, 0.5) is 5.69 Å². The molecule has 172 valence electrons. The van der Waals surface area contributed by atoms with Crippen LogP contribution in [0.3, 0.4) is 0 Å². The highest BCUT2D eigenvalue weighted by Gasteiger charge is 2.14. The van der Waals surface area contributed by atoms with Crippen LogP contribution in [0.2, 0.25) is 5.02 Å². The molecule has 0 bridgehead atoms. The molecular formula is C23H23BrClN5O2S. The molecule has 0 radical (unpaired) electrons. The predicted octanol–water partition coefficient (Wildman–Crippen LogP) is 5.08. The first-order valence-corrected chi connectivity index (χ1v) is 12.3. The van der Waals surface area contributed by atoms with E-state index in [0.29, 0.717) is 22.5 Å². The molecule has 2 aromatic carbocycles. The molecule has 2 N–H and O–H groups in total. The molecule has 0 saturated carbocycles. The van der Waals surface area contributed by atoms with E-state index in [-0.39, 0.29) is 24.1 Å². The van der Waals surface area contributed by atoms with Gasteiger partial charge in [-0.1, -0.05) is 57.5 Å². The summed E-state index contributed by atoms with van der Waals surface area (Å²) in [5, 5.41) is 15.2. The number of carbonyl (C=O) groups is 2. The largest absolute Gasteiger partial charge is 0.345 e. The van der Waals surface area contributed by atoms with Crippen LogP contribution in [0.5, 0.6) is 0 Å². The van der Waals surface area contributed by atoms with E-state index in [1.54, 1.807) is 12.1 Å². The van der Waals surface area contributed by atoms with Crippen LogP contribution in [0.15, 0.2) is 58.2 Å². The molecule has 0 aliphatic rings. The molecular weight excluding hydrogens is 526 g/mol. The summed E-state index contributed by atoms with van der Waals surface area (Å²) >= 11 is 10.8. The van der Waals surface area contributed by atoms with Crippen LogP contribution in [-0.2, 0) is 22.7 Å². The van der Waals surface area contributed by atoms with Gasteiger partial charge in [0.05, 0.1) is 12.3 Å². The second kappa shape index (κ2) is 12.0. The van der Waals surface area contributed by atoms with Crippen molar-refractivity contribution in [2.75, 3.05) is 11.1 Å². The topological polar surface area (TPSA) is 88.9 Å². The minimum absolute atomic E-state index is 0.132. The monoisotopic (exact) mass is 547 g/mol. The van der Waals surface area contributed by atoms with Crippen molar-refractivity contribution in [3.8, 4) is 0 Å². The molecule has 2 amide bonds. The Bertz CT molecular complexity index is 1180.